The van der Waals surface area contributed by atoms with Gasteiger partial charge in [0.25, 0.3) is 0 Å². The Morgan fingerprint density at radius 1 is 1.00 bits per heavy atom. The molecule has 0 saturated heterocycles. The molecule has 16 heavy (non-hydrogen) atoms. The lowest BCUT2D eigenvalue weighted by molar-refractivity contribution is 0.876. The fourth-order valence-electron chi connectivity index (χ4n) is 1.81. The van der Waals surface area contributed by atoms with Crippen molar-refractivity contribution in [3.8, 4) is 11.1 Å². The summed E-state index contributed by atoms with van der Waals surface area (Å²) in [6, 6.07) is 12.8. The van der Waals surface area contributed by atoms with Crippen LogP contribution in [0.2, 0.25) is 0 Å². The summed E-state index contributed by atoms with van der Waals surface area (Å²) in [5.41, 5.74) is 2.63. The van der Waals surface area contributed by atoms with E-state index in [0.29, 0.717) is 0 Å². The van der Waals surface area contributed by atoms with E-state index in [9.17, 15) is 0 Å². The third kappa shape index (κ3) is 2.27. The highest BCUT2D eigenvalue weighted by Crippen LogP contribution is 2.31. The molecular weight excluding hydrogens is 214 g/mol. The van der Waals surface area contributed by atoms with Gasteiger partial charge in [0, 0.05) is 18.5 Å². The Hall–Kier alpha value is -1.28. The van der Waals surface area contributed by atoms with Crippen LogP contribution in [0.15, 0.2) is 41.8 Å². The van der Waals surface area contributed by atoms with E-state index in [2.05, 4.69) is 60.5 Å². The summed E-state index contributed by atoms with van der Waals surface area (Å²) in [6.45, 7) is 6.55. The molecule has 2 rings (SSSR count). The summed E-state index contributed by atoms with van der Waals surface area (Å²) in [6.07, 6.45) is 0. The second-order valence-corrected chi connectivity index (χ2v) is 4.60. The molecule has 0 aliphatic heterocycles. The van der Waals surface area contributed by atoms with Gasteiger partial charge in [0.1, 0.15) is 0 Å². The van der Waals surface area contributed by atoms with Crippen LogP contribution in [0.5, 0.6) is 0 Å². The molecule has 0 spiro atoms. The van der Waals surface area contributed by atoms with Gasteiger partial charge in [-0.3, -0.25) is 0 Å². The highest BCUT2D eigenvalue weighted by molar-refractivity contribution is 7.14. The van der Waals surface area contributed by atoms with Crippen molar-refractivity contribution >= 4 is 16.3 Å². The molecule has 1 aromatic heterocycles. The van der Waals surface area contributed by atoms with Gasteiger partial charge in [-0.2, -0.15) is 0 Å². The lowest BCUT2D eigenvalue weighted by Gasteiger charge is -2.17. The molecule has 1 aromatic carbocycles. The quantitative estimate of drug-likeness (QED) is 0.760. The molecule has 0 saturated carbocycles. The predicted molar refractivity (Wildman–Crippen MR) is 73.3 cm³/mol. The standard InChI is InChI=1S/C14H17NS/c1-3-15(4-2)14-10-13(11-16-14)12-8-6-5-7-9-12/h5-11H,3-4H2,1-2H3. The fourth-order valence-corrected chi connectivity index (χ4v) is 2.86. The smallest absolute Gasteiger partial charge is 0.0914 e. The zero-order valence-corrected chi connectivity index (χ0v) is 10.6. The molecule has 0 bridgehead atoms. The second kappa shape index (κ2) is 5.17. The van der Waals surface area contributed by atoms with E-state index in [0.717, 1.165) is 13.1 Å². The first-order chi connectivity index (χ1) is 7.85. The molecule has 0 aliphatic carbocycles. The van der Waals surface area contributed by atoms with E-state index in [1.54, 1.807) is 0 Å². The summed E-state index contributed by atoms with van der Waals surface area (Å²) < 4.78 is 0. The van der Waals surface area contributed by atoms with Crippen LogP contribution in [0, 0.1) is 0 Å². The molecule has 84 valence electrons. The predicted octanol–water partition coefficient (Wildman–Crippen LogP) is 4.26. The molecule has 0 atom stereocenters. The Labute approximate surface area is 101 Å². The Morgan fingerprint density at radius 3 is 2.31 bits per heavy atom. The lowest BCUT2D eigenvalue weighted by atomic mass is 10.1. The van der Waals surface area contributed by atoms with Crippen LogP contribution in [-0.4, -0.2) is 13.1 Å². The zero-order chi connectivity index (χ0) is 11.4. The summed E-state index contributed by atoms with van der Waals surface area (Å²) in [7, 11) is 0. The second-order valence-electron chi connectivity index (χ2n) is 3.71. The third-order valence-electron chi connectivity index (χ3n) is 2.77. The number of hydrogen-bond acceptors (Lipinski definition) is 2. The highest BCUT2D eigenvalue weighted by Gasteiger charge is 2.06. The number of benzene rings is 1. The van der Waals surface area contributed by atoms with E-state index >= 15 is 0 Å². The normalized spacial score (nSPS) is 10.4. The molecule has 2 aromatic rings. The Kier molecular flexibility index (Phi) is 3.62. The lowest BCUT2D eigenvalue weighted by Crippen LogP contribution is -2.20. The Bertz CT molecular complexity index is 429. The molecular formula is C14H17NS. The van der Waals surface area contributed by atoms with Crippen molar-refractivity contribution in [2.24, 2.45) is 0 Å². The molecule has 0 unspecified atom stereocenters. The van der Waals surface area contributed by atoms with Gasteiger partial charge in [0.2, 0.25) is 0 Å². The number of thiophene rings is 1. The van der Waals surface area contributed by atoms with Gasteiger partial charge in [-0.25, -0.2) is 0 Å². The van der Waals surface area contributed by atoms with Crippen LogP contribution in [0.25, 0.3) is 11.1 Å². The van der Waals surface area contributed by atoms with E-state index in [1.807, 2.05) is 11.3 Å². The number of anilines is 1. The molecule has 0 amide bonds. The van der Waals surface area contributed by atoms with Gasteiger partial charge >= 0.3 is 0 Å². The van der Waals surface area contributed by atoms with Crippen molar-refractivity contribution in [2.75, 3.05) is 18.0 Å². The van der Waals surface area contributed by atoms with Gasteiger partial charge in [0.15, 0.2) is 0 Å². The van der Waals surface area contributed by atoms with Crippen LogP contribution in [0.4, 0.5) is 5.00 Å². The van der Waals surface area contributed by atoms with Crippen LogP contribution in [-0.2, 0) is 0 Å². The molecule has 0 radical (unpaired) electrons. The van der Waals surface area contributed by atoms with Crippen molar-refractivity contribution < 1.29 is 0 Å². The minimum atomic E-state index is 1.07. The average molecular weight is 231 g/mol. The summed E-state index contributed by atoms with van der Waals surface area (Å²) in [4.78, 5) is 2.39. The first kappa shape index (κ1) is 11.2. The van der Waals surface area contributed by atoms with Crippen molar-refractivity contribution in [1.82, 2.24) is 0 Å². The SMILES string of the molecule is CCN(CC)c1cc(-c2ccccc2)cs1. The molecule has 2 heteroatoms. The summed E-state index contributed by atoms with van der Waals surface area (Å²) in [5, 5.41) is 3.60. The molecule has 1 heterocycles. The molecule has 0 N–H and O–H groups in total. The van der Waals surface area contributed by atoms with Crippen molar-refractivity contribution in [1.29, 1.82) is 0 Å². The van der Waals surface area contributed by atoms with Gasteiger partial charge in [-0.05, 0) is 31.0 Å². The maximum Gasteiger partial charge on any atom is 0.0914 e. The molecule has 0 aliphatic rings. The molecule has 1 nitrogen and oxygen atoms in total. The largest absolute Gasteiger partial charge is 0.364 e. The first-order valence-corrected chi connectivity index (χ1v) is 6.62. The molecule has 0 fully saturated rings. The van der Waals surface area contributed by atoms with E-state index in [4.69, 9.17) is 0 Å². The van der Waals surface area contributed by atoms with Crippen molar-refractivity contribution in [2.45, 2.75) is 13.8 Å². The average Bonchev–Trinajstić information content (AvgIpc) is 2.81. The fraction of sp³-hybridized carbons (Fsp3) is 0.286. The van der Waals surface area contributed by atoms with Crippen LogP contribution >= 0.6 is 11.3 Å². The highest BCUT2D eigenvalue weighted by atomic mass is 32.1. The maximum atomic E-state index is 2.39. The van der Waals surface area contributed by atoms with E-state index in [-0.39, 0.29) is 0 Å². The van der Waals surface area contributed by atoms with Gasteiger partial charge < -0.3 is 4.90 Å². The maximum absolute atomic E-state index is 2.39. The topological polar surface area (TPSA) is 3.24 Å². The van der Waals surface area contributed by atoms with Gasteiger partial charge in [-0.15, -0.1) is 11.3 Å². The minimum absolute atomic E-state index is 1.07. The van der Waals surface area contributed by atoms with Gasteiger partial charge in [0.05, 0.1) is 5.00 Å². The van der Waals surface area contributed by atoms with E-state index in [1.165, 1.54) is 16.1 Å². The van der Waals surface area contributed by atoms with E-state index < -0.39 is 0 Å². The van der Waals surface area contributed by atoms with Crippen LogP contribution < -0.4 is 4.90 Å². The summed E-state index contributed by atoms with van der Waals surface area (Å²) >= 11 is 1.83. The van der Waals surface area contributed by atoms with Crippen molar-refractivity contribution in [3.05, 3.63) is 41.8 Å². The Balaban J connectivity index is 2.26. The monoisotopic (exact) mass is 231 g/mol. The first-order valence-electron chi connectivity index (χ1n) is 5.74. The van der Waals surface area contributed by atoms with Crippen LogP contribution in [0.3, 0.4) is 0 Å². The van der Waals surface area contributed by atoms with Gasteiger partial charge in [-0.1, -0.05) is 30.3 Å². The third-order valence-corrected chi connectivity index (χ3v) is 3.76. The minimum Gasteiger partial charge on any atom is -0.364 e. The zero-order valence-electron chi connectivity index (χ0n) is 9.81. The van der Waals surface area contributed by atoms with Crippen LogP contribution in [0.1, 0.15) is 13.8 Å². The summed E-state index contributed by atoms with van der Waals surface area (Å²) in [5.74, 6) is 0. The van der Waals surface area contributed by atoms with Crippen molar-refractivity contribution in [3.63, 3.8) is 0 Å². The number of rotatable bonds is 4. The Morgan fingerprint density at radius 2 is 1.69 bits per heavy atom. The number of nitrogens with zero attached hydrogens (tertiary/aromatic N) is 1. The number of hydrogen-bond donors (Lipinski definition) is 0.